The van der Waals surface area contributed by atoms with Gasteiger partial charge < -0.3 is 5.73 Å². The van der Waals surface area contributed by atoms with Gasteiger partial charge in [-0.15, -0.1) is 0 Å². The summed E-state index contributed by atoms with van der Waals surface area (Å²) in [5.41, 5.74) is 7.56. The van der Waals surface area contributed by atoms with Gasteiger partial charge in [-0.3, -0.25) is 5.10 Å². The molecule has 0 spiro atoms. The molecule has 0 atom stereocenters. The van der Waals surface area contributed by atoms with E-state index in [9.17, 15) is 0 Å². The third kappa shape index (κ3) is 1.72. The summed E-state index contributed by atoms with van der Waals surface area (Å²) in [5, 5.41) is 7.17. The summed E-state index contributed by atoms with van der Waals surface area (Å²) in [6.45, 7) is 0. The number of aromatic amines is 1. The number of hydrogen-bond donors (Lipinski definition) is 2. The van der Waals surface area contributed by atoms with Crippen molar-refractivity contribution in [2.75, 3.05) is 5.73 Å². The fourth-order valence-corrected chi connectivity index (χ4v) is 1.45. The van der Waals surface area contributed by atoms with Crippen molar-refractivity contribution in [2.24, 2.45) is 0 Å². The van der Waals surface area contributed by atoms with E-state index in [0.29, 0.717) is 10.8 Å². The molecule has 0 saturated heterocycles. The lowest BCUT2D eigenvalue weighted by Gasteiger charge is -1.98. The monoisotopic (exact) mass is 207 g/mol. The van der Waals surface area contributed by atoms with Crippen LogP contribution in [0, 0.1) is 0 Å². The Hall–Kier alpha value is -1.48. The summed E-state index contributed by atoms with van der Waals surface area (Å²) in [4.78, 5) is 0. The fourth-order valence-electron chi connectivity index (χ4n) is 1.30. The van der Waals surface area contributed by atoms with E-state index in [1.165, 1.54) is 5.56 Å². The highest BCUT2D eigenvalue weighted by molar-refractivity contribution is 6.33. The van der Waals surface area contributed by atoms with Crippen LogP contribution in [0.1, 0.15) is 11.3 Å². The predicted octanol–water partition coefficient (Wildman–Crippen LogP) is 2.24. The van der Waals surface area contributed by atoms with Gasteiger partial charge in [0.2, 0.25) is 0 Å². The van der Waals surface area contributed by atoms with Gasteiger partial charge in [-0.2, -0.15) is 5.10 Å². The summed E-state index contributed by atoms with van der Waals surface area (Å²) in [6.07, 6.45) is 0.726. The maximum absolute atomic E-state index is 5.94. The number of nitrogens with two attached hydrogens (primary N) is 1. The largest absolute Gasteiger partial charge is 0.381 e. The van der Waals surface area contributed by atoms with Crippen LogP contribution in [-0.2, 0) is 6.42 Å². The van der Waals surface area contributed by atoms with Crippen LogP contribution in [0.4, 0.5) is 5.82 Å². The van der Waals surface area contributed by atoms with E-state index >= 15 is 0 Å². The number of benzene rings is 1. The highest BCUT2D eigenvalue weighted by Crippen LogP contribution is 2.22. The predicted molar refractivity (Wildman–Crippen MR) is 57.3 cm³/mol. The van der Waals surface area contributed by atoms with Crippen LogP contribution in [0.2, 0.25) is 5.02 Å². The Morgan fingerprint density at radius 2 is 2.00 bits per heavy atom. The quantitative estimate of drug-likeness (QED) is 0.794. The van der Waals surface area contributed by atoms with Crippen molar-refractivity contribution in [1.82, 2.24) is 10.2 Å². The highest BCUT2D eigenvalue weighted by atomic mass is 35.5. The maximum Gasteiger partial charge on any atom is 0.164 e. The Morgan fingerprint density at radius 3 is 2.57 bits per heavy atom. The van der Waals surface area contributed by atoms with Crippen molar-refractivity contribution >= 4 is 17.4 Å². The van der Waals surface area contributed by atoms with Crippen LogP contribution in [0.25, 0.3) is 0 Å². The number of halogens is 1. The first-order valence-corrected chi connectivity index (χ1v) is 4.67. The van der Waals surface area contributed by atoms with Crippen molar-refractivity contribution in [2.45, 2.75) is 6.42 Å². The van der Waals surface area contributed by atoms with Gasteiger partial charge in [0.1, 0.15) is 5.02 Å². The molecule has 3 N–H and O–H groups in total. The minimum atomic E-state index is 0.359. The minimum Gasteiger partial charge on any atom is -0.381 e. The second-order valence-electron chi connectivity index (χ2n) is 3.06. The van der Waals surface area contributed by atoms with Crippen LogP contribution in [0.3, 0.4) is 0 Å². The second kappa shape index (κ2) is 3.72. The Kier molecular flexibility index (Phi) is 2.41. The molecule has 0 aliphatic rings. The summed E-state index contributed by atoms with van der Waals surface area (Å²) in [7, 11) is 0. The Balaban J connectivity index is 2.23. The first kappa shape index (κ1) is 9.09. The third-order valence-electron chi connectivity index (χ3n) is 2.02. The van der Waals surface area contributed by atoms with Crippen molar-refractivity contribution in [1.29, 1.82) is 0 Å². The smallest absolute Gasteiger partial charge is 0.164 e. The van der Waals surface area contributed by atoms with Gasteiger partial charge in [0.25, 0.3) is 0 Å². The van der Waals surface area contributed by atoms with Crippen LogP contribution in [0.5, 0.6) is 0 Å². The normalized spacial score (nSPS) is 10.4. The van der Waals surface area contributed by atoms with Crippen molar-refractivity contribution < 1.29 is 0 Å². The number of rotatable bonds is 2. The molecule has 0 aliphatic heterocycles. The second-order valence-corrected chi connectivity index (χ2v) is 3.44. The van der Waals surface area contributed by atoms with E-state index in [2.05, 4.69) is 10.2 Å². The topological polar surface area (TPSA) is 54.7 Å². The molecule has 0 fully saturated rings. The zero-order valence-corrected chi connectivity index (χ0v) is 8.25. The van der Waals surface area contributed by atoms with Gasteiger partial charge in [0.05, 0.1) is 5.69 Å². The molecule has 14 heavy (non-hydrogen) atoms. The molecule has 72 valence electrons. The molecule has 0 bridgehead atoms. The molecule has 1 aromatic carbocycles. The lowest BCUT2D eigenvalue weighted by molar-refractivity contribution is 1.000. The molecule has 1 heterocycles. The van der Waals surface area contributed by atoms with Gasteiger partial charge in [-0.05, 0) is 5.56 Å². The zero-order chi connectivity index (χ0) is 9.97. The van der Waals surface area contributed by atoms with E-state index in [1.807, 2.05) is 30.3 Å². The number of nitrogen functional groups attached to an aromatic ring is 1. The SMILES string of the molecule is Nc1n[nH]c(Cc2ccccc2)c1Cl. The molecule has 4 heteroatoms. The maximum atomic E-state index is 5.94. The van der Waals surface area contributed by atoms with E-state index in [-0.39, 0.29) is 0 Å². The minimum absolute atomic E-state index is 0.359. The number of nitrogens with zero attached hydrogens (tertiary/aromatic N) is 1. The average Bonchev–Trinajstić information content (AvgIpc) is 2.52. The standard InChI is InChI=1S/C10H10ClN3/c11-9-8(13-14-10(9)12)6-7-4-2-1-3-5-7/h1-5H,6H2,(H3,12,13,14). The first-order chi connectivity index (χ1) is 6.77. The van der Waals surface area contributed by atoms with Crippen LogP contribution < -0.4 is 5.73 Å². The van der Waals surface area contributed by atoms with E-state index in [1.54, 1.807) is 0 Å². The Bertz CT molecular complexity index is 422. The molecule has 1 aromatic heterocycles. The molecule has 2 rings (SSSR count). The van der Waals surface area contributed by atoms with E-state index < -0.39 is 0 Å². The van der Waals surface area contributed by atoms with E-state index in [4.69, 9.17) is 17.3 Å². The van der Waals surface area contributed by atoms with Gasteiger partial charge in [-0.25, -0.2) is 0 Å². The molecule has 0 saturated carbocycles. The van der Waals surface area contributed by atoms with Crippen molar-refractivity contribution in [3.05, 3.63) is 46.6 Å². The highest BCUT2D eigenvalue weighted by Gasteiger charge is 2.07. The molecule has 3 nitrogen and oxygen atoms in total. The lowest BCUT2D eigenvalue weighted by atomic mass is 10.1. The average molecular weight is 208 g/mol. The summed E-state index contributed by atoms with van der Waals surface area (Å²) < 4.78 is 0. The molecule has 0 unspecified atom stereocenters. The number of H-pyrrole nitrogens is 1. The first-order valence-electron chi connectivity index (χ1n) is 4.29. The van der Waals surface area contributed by atoms with Gasteiger partial charge in [0, 0.05) is 6.42 Å². The van der Waals surface area contributed by atoms with Gasteiger partial charge >= 0.3 is 0 Å². The number of anilines is 1. The number of nitrogens with one attached hydrogen (secondary N) is 1. The van der Waals surface area contributed by atoms with Gasteiger partial charge in [0.15, 0.2) is 5.82 Å². The van der Waals surface area contributed by atoms with Crippen molar-refractivity contribution in [3.8, 4) is 0 Å². The number of aromatic nitrogens is 2. The molecule has 0 amide bonds. The van der Waals surface area contributed by atoms with Crippen LogP contribution in [0.15, 0.2) is 30.3 Å². The summed E-state index contributed by atoms with van der Waals surface area (Å²) in [6, 6.07) is 10.0. The van der Waals surface area contributed by atoms with Crippen molar-refractivity contribution in [3.63, 3.8) is 0 Å². The molecular weight excluding hydrogens is 198 g/mol. The number of hydrogen-bond acceptors (Lipinski definition) is 2. The zero-order valence-electron chi connectivity index (χ0n) is 7.50. The Morgan fingerprint density at radius 1 is 1.29 bits per heavy atom. The molecule has 0 radical (unpaired) electrons. The van der Waals surface area contributed by atoms with Crippen LogP contribution in [-0.4, -0.2) is 10.2 Å². The third-order valence-corrected chi connectivity index (χ3v) is 2.45. The molecular formula is C10H10ClN3. The summed E-state index contributed by atoms with van der Waals surface area (Å²) in [5.74, 6) is 0.359. The lowest BCUT2D eigenvalue weighted by Crippen LogP contribution is -1.88. The van der Waals surface area contributed by atoms with Gasteiger partial charge in [-0.1, -0.05) is 41.9 Å². The summed E-state index contributed by atoms with van der Waals surface area (Å²) >= 11 is 5.94. The van der Waals surface area contributed by atoms with Crippen LogP contribution >= 0.6 is 11.6 Å². The van der Waals surface area contributed by atoms with E-state index in [0.717, 1.165) is 12.1 Å². The fraction of sp³-hybridized carbons (Fsp3) is 0.100. The molecule has 2 aromatic rings. The Labute approximate surface area is 86.9 Å². The molecule has 0 aliphatic carbocycles.